The largest absolute Gasteiger partial charge is 0.369 e. The zero-order valence-electron chi connectivity index (χ0n) is 14.1. The maximum absolute atomic E-state index is 12.6. The molecular weight excluding hydrogens is 264 g/mol. The van der Waals surface area contributed by atoms with Crippen molar-refractivity contribution < 1.29 is 9.59 Å². The number of unbranched alkanes of at least 4 members (excludes halogenated alkanes) is 1. The molecule has 0 aliphatic heterocycles. The fraction of sp³-hybridized carbons (Fsp3) is 0.882. The van der Waals surface area contributed by atoms with Gasteiger partial charge in [-0.15, -0.1) is 0 Å². The molecule has 0 heterocycles. The molecule has 1 fully saturated rings. The normalized spacial score (nSPS) is 18.7. The Balaban J connectivity index is 2.81. The van der Waals surface area contributed by atoms with Crippen molar-refractivity contribution in [2.45, 2.75) is 78.2 Å². The van der Waals surface area contributed by atoms with E-state index < -0.39 is 0 Å². The van der Waals surface area contributed by atoms with Crippen molar-refractivity contribution in [1.82, 2.24) is 5.32 Å². The van der Waals surface area contributed by atoms with Crippen molar-refractivity contribution in [3.63, 3.8) is 0 Å². The van der Waals surface area contributed by atoms with Gasteiger partial charge in [0.1, 0.15) is 0 Å². The lowest BCUT2D eigenvalue weighted by Crippen LogP contribution is -2.48. The molecule has 4 nitrogen and oxygen atoms in total. The van der Waals surface area contributed by atoms with E-state index >= 15 is 0 Å². The predicted molar refractivity (Wildman–Crippen MR) is 85.6 cm³/mol. The molecule has 1 aliphatic rings. The van der Waals surface area contributed by atoms with E-state index in [4.69, 9.17) is 5.73 Å². The predicted octanol–water partition coefficient (Wildman–Crippen LogP) is 3.00. The van der Waals surface area contributed by atoms with Crippen molar-refractivity contribution in [3.8, 4) is 0 Å². The number of nitrogens with two attached hydrogens (primary N) is 1. The van der Waals surface area contributed by atoms with Crippen LogP contribution in [0.4, 0.5) is 0 Å². The highest BCUT2D eigenvalue weighted by atomic mass is 16.2. The minimum absolute atomic E-state index is 0.00527. The van der Waals surface area contributed by atoms with Crippen LogP contribution in [0.2, 0.25) is 0 Å². The monoisotopic (exact) mass is 296 g/mol. The second kappa shape index (κ2) is 7.81. The Morgan fingerprint density at radius 1 is 1.24 bits per heavy atom. The molecule has 1 aliphatic carbocycles. The van der Waals surface area contributed by atoms with Crippen LogP contribution >= 0.6 is 0 Å². The summed E-state index contributed by atoms with van der Waals surface area (Å²) in [4.78, 5) is 24.5. The van der Waals surface area contributed by atoms with Gasteiger partial charge in [0.05, 0.1) is 0 Å². The van der Waals surface area contributed by atoms with Gasteiger partial charge in [0.25, 0.3) is 0 Å². The van der Waals surface area contributed by atoms with Gasteiger partial charge in [0, 0.05) is 17.4 Å². The Morgan fingerprint density at radius 2 is 1.86 bits per heavy atom. The van der Waals surface area contributed by atoms with Crippen LogP contribution in [-0.4, -0.2) is 17.4 Å². The summed E-state index contributed by atoms with van der Waals surface area (Å²) in [6.07, 6.45) is 7.09. The van der Waals surface area contributed by atoms with E-state index in [-0.39, 0.29) is 29.2 Å². The van der Waals surface area contributed by atoms with Crippen molar-refractivity contribution in [1.29, 1.82) is 0 Å². The minimum atomic E-state index is -0.326. The number of rotatable bonds is 8. The summed E-state index contributed by atoms with van der Waals surface area (Å²) in [6, 6.07) is 0. The Hall–Kier alpha value is -1.06. The third kappa shape index (κ3) is 6.06. The van der Waals surface area contributed by atoms with Gasteiger partial charge in [-0.05, 0) is 39.5 Å². The number of nitrogens with one attached hydrogen (secondary N) is 1. The third-order valence-electron chi connectivity index (χ3n) is 4.37. The highest BCUT2D eigenvalue weighted by molar-refractivity contribution is 5.87. The van der Waals surface area contributed by atoms with Crippen LogP contribution in [0.25, 0.3) is 0 Å². The summed E-state index contributed by atoms with van der Waals surface area (Å²) in [5.41, 5.74) is 5.32. The molecule has 2 amide bonds. The smallest absolute Gasteiger partial charge is 0.224 e. The molecule has 0 aromatic carbocycles. The summed E-state index contributed by atoms with van der Waals surface area (Å²) in [7, 11) is 0. The first kappa shape index (κ1) is 18.0. The first-order valence-corrected chi connectivity index (χ1v) is 8.36. The van der Waals surface area contributed by atoms with E-state index in [1.165, 1.54) is 19.3 Å². The standard InChI is InChI=1S/C17H32N2O2/c1-5-6-10-13(15(18)20)14(11-12-8-7-9-12)16(21)19-17(2,3)4/h12-14H,5-11H2,1-4H3,(H2,18,20)(H,19,21)/t13?,14-/m1/s1. The molecule has 0 bridgehead atoms. The number of primary amides is 1. The minimum Gasteiger partial charge on any atom is -0.369 e. The first-order valence-electron chi connectivity index (χ1n) is 8.36. The highest BCUT2D eigenvalue weighted by Crippen LogP contribution is 2.36. The summed E-state index contributed by atoms with van der Waals surface area (Å²) >= 11 is 0. The number of carbonyl (C=O) groups is 2. The van der Waals surface area contributed by atoms with E-state index in [9.17, 15) is 9.59 Å². The van der Waals surface area contributed by atoms with Crippen molar-refractivity contribution in [3.05, 3.63) is 0 Å². The lowest BCUT2D eigenvalue weighted by Gasteiger charge is -2.34. The Bertz CT molecular complexity index is 356. The number of amides is 2. The molecule has 4 heteroatoms. The maximum Gasteiger partial charge on any atom is 0.224 e. The molecule has 21 heavy (non-hydrogen) atoms. The lowest BCUT2D eigenvalue weighted by atomic mass is 9.73. The lowest BCUT2D eigenvalue weighted by molar-refractivity contribution is -0.135. The maximum atomic E-state index is 12.6. The fourth-order valence-corrected chi connectivity index (χ4v) is 2.97. The van der Waals surface area contributed by atoms with Crippen molar-refractivity contribution in [2.24, 2.45) is 23.5 Å². The van der Waals surface area contributed by atoms with Crippen LogP contribution in [0.15, 0.2) is 0 Å². The van der Waals surface area contributed by atoms with Gasteiger partial charge in [-0.2, -0.15) is 0 Å². The van der Waals surface area contributed by atoms with E-state index in [2.05, 4.69) is 12.2 Å². The van der Waals surface area contributed by atoms with Gasteiger partial charge in [0.2, 0.25) is 11.8 Å². The fourth-order valence-electron chi connectivity index (χ4n) is 2.97. The molecule has 1 unspecified atom stereocenters. The molecule has 1 saturated carbocycles. The number of hydrogen-bond donors (Lipinski definition) is 2. The first-order chi connectivity index (χ1) is 9.74. The molecule has 0 aromatic heterocycles. The molecule has 3 N–H and O–H groups in total. The average Bonchev–Trinajstić information content (AvgIpc) is 2.28. The second-order valence-electron chi connectivity index (χ2n) is 7.53. The Labute approximate surface area is 129 Å². The van der Waals surface area contributed by atoms with Crippen LogP contribution < -0.4 is 11.1 Å². The van der Waals surface area contributed by atoms with Gasteiger partial charge in [-0.1, -0.05) is 39.0 Å². The molecule has 0 radical (unpaired) electrons. The van der Waals surface area contributed by atoms with E-state index in [1.54, 1.807) is 0 Å². The molecule has 0 aromatic rings. The summed E-state index contributed by atoms with van der Waals surface area (Å²) in [5.74, 6) is -0.332. The summed E-state index contributed by atoms with van der Waals surface area (Å²) in [5, 5.41) is 3.04. The summed E-state index contributed by atoms with van der Waals surface area (Å²) < 4.78 is 0. The zero-order chi connectivity index (χ0) is 16.0. The number of hydrogen-bond acceptors (Lipinski definition) is 2. The SMILES string of the molecule is CCCCC(C(N)=O)[C@@H](CC1CCC1)C(=O)NC(C)(C)C. The molecule has 1 rings (SSSR count). The summed E-state index contributed by atoms with van der Waals surface area (Å²) in [6.45, 7) is 8.00. The van der Waals surface area contributed by atoms with Crippen LogP contribution in [-0.2, 0) is 9.59 Å². The molecular formula is C17H32N2O2. The molecule has 0 saturated heterocycles. The van der Waals surface area contributed by atoms with Crippen LogP contribution in [0.3, 0.4) is 0 Å². The van der Waals surface area contributed by atoms with Gasteiger partial charge >= 0.3 is 0 Å². The van der Waals surface area contributed by atoms with Crippen LogP contribution in [0.1, 0.15) is 72.6 Å². The van der Waals surface area contributed by atoms with E-state index in [0.717, 1.165) is 25.7 Å². The molecule has 122 valence electrons. The van der Waals surface area contributed by atoms with Crippen molar-refractivity contribution in [2.75, 3.05) is 0 Å². The van der Waals surface area contributed by atoms with Gasteiger partial charge in [-0.25, -0.2) is 0 Å². The molecule has 2 atom stereocenters. The highest BCUT2D eigenvalue weighted by Gasteiger charge is 2.36. The third-order valence-corrected chi connectivity index (χ3v) is 4.37. The van der Waals surface area contributed by atoms with E-state index in [0.29, 0.717) is 5.92 Å². The van der Waals surface area contributed by atoms with Crippen LogP contribution in [0.5, 0.6) is 0 Å². The van der Waals surface area contributed by atoms with Gasteiger partial charge in [-0.3, -0.25) is 9.59 Å². The van der Waals surface area contributed by atoms with Gasteiger partial charge in [0.15, 0.2) is 0 Å². The second-order valence-corrected chi connectivity index (χ2v) is 7.53. The quantitative estimate of drug-likeness (QED) is 0.722. The van der Waals surface area contributed by atoms with Crippen LogP contribution in [0, 0.1) is 17.8 Å². The Kier molecular flexibility index (Phi) is 6.69. The topological polar surface area (TPSA) is 72.2 Å². The molecule has 0 spiro atoms. The Morgan fingerprint density at radius 3 is 2.24 bits per heavy atom. The number of carbonyl (C=O) groups excluding carboxylic acids is 2. The van der Waals surface area contributed by atoms with Gasteiger partial charge < -0.3 is 11.1 Å². The average molecular weight is 296 g/mol. The van der Waals surface area contributed by atoms with E-state index in [1.807, 2.05) is 20.8 Å². The zero-order valence-corrected chi connectivity index (χ0v) is 14.1. The van der Waals surface area contributed by atoms with Crippen molar-refractivity contribution >= 4 is 11.8 Å².